The second kappa shape index (κ2) is 6.47. The van der Waals surface area contributed by atoms with Crippen LogP contribution in [0.15, 0.2) is 24.4 Å². The highest BCUT2D eigenvalue weighted by Crippen LogP contribution is 2.37. The molecule has 1 atom stereocenters. The molecule has 0 N–H and O–H groups in total. The Kier molecular flexibility index (Phi) is 4.90. The predicted octanol–water partition coefficient (Wildman–Crippen LogP) is 3.66. The molecule has 0 saturated heterocycles. The quantitative estimate of drug-likeness (QED) is 0.734. The second-order valence-corrected chi connectivity index (χ2v) is 6.48. The molecule has 1 unspecified atom stereocenters. The van der Waals surface area contributed by atoms with Crippen molar-refractivity contribution in [3.05, 3.63) is 24.4 Å². The summed E-state index contributed by atoms with van der Waals surface area (Å²) in [6.45, 7) is 3.82. The summed E-state index contributed by atoms with van der Waals surface area (Å²) in [5.41, 5.74) is -0.256. The number of rotatable bonds is 4. The van der Waals surface area contributed by atoms with Gasteiger partial charge in [-0.1, -0.05) is 32.4 Å². The molecule has 0 aromatic heterocycles. The molecule has 0 bridgehead atoms. The third kappa shape index (κ3) is 3.65. The minimum atomic E-state index is -0.256. The van der Waals surface area contributed by atoms with Gasteiger partial charge >= 0.3 is 5.97 Å². The van der Waals surface area contributed by atoms with E-state index in [-0.39, 0.29) is 17.5 Å². The zero-order chi connectivity index (χ0) is 14.6. The van der Waals surface area contributed by atoms with Crippen LogP contribution in [0.1, 0.15) is 52.4 Å². The summed E-state index contributed by atoms with van der Waals surface area (Å²) in [7, 11) is 2.09. The fourth-order valence-electron chi connectivity index (χ4n) is 3.09. The highest BCUT2D eigenvalue weighted by atomic mass is 16.6. The summed E-state index contributed by atoms with van der Waals surface area (Å²) in [5, 5.41) is 0. The van der Waals surface area contributed by atoms with Crippen LogP contribution in [-0.2, 0) is 9.53 Å². The van der Waals surface area contributed by atoms with E-state index in [4.69, 9.17) is 4.74 Å². The lowest BCUT2D eigenvalue weighted by molar-refractivity contribution is -0.169. The normalized spacial score (nSPS) is 25.0. The van der Waals surface area contributed by atoms with Crippen LogP contribution in [-0.4, -0.2) is 29.6 Å². The van der Waals surface area contributed by atoms with Gasteiger partial charge in [-0.3, -0.25) is 4.79 Å². The minimum Gasteiger partial charge on any atom is -0.459 e. The first-order valence-electron chi connectivity index (χ1n) is 7.82. The lowest BCUT2D eigenvalue weighted by Crippen LogP contribution is -2.44. The van der Waals surface area contributed by atoms with E-state index in [0.717, 1.165) is 19.3 Å². The number of ether oxygens (including phenoxy) is 1. The molecule has 0 aromatic carbocycles. The molecule has 1 aliphatic carbocycles. The molecule has 1 fully saturated rings. The summed E-state index contributed by atoms with van der Waals surface area (Å²) >= 11 is 0. The van der Waals surface area contributed by atoms with Gasteiger partial charge in [0.15, 0.2) is 0 Å². The first kappa shape index (κ1) is 15.1. The van der Waals surface area contributed by atoms with Gasteiger partial charge < -0.3 is 9.64 Å². The Balaban J connectivity index is 2.08. The van der Waals surface area contributed by atoms with Crippen molar-refractivity contribution in [3.63, 3.8) is 0 Å². The molecule has 0 amide bonds. The Morgan fingerprint density at radius 1 is 1.30 bits per heavy atom. The number of allylic oxidation sites excluding steroid dienone is 2. The lowest BCUT2D eigenvalue weighted by atomic mass is 9.79. The lowest BCUT2D eigenvalue weighted by Gasteiger charge is -2.41. The van der Waals surface area contributed by atoms with E-state index >= 15 is 0 Å². The van der Waals surface area contributed by atoms with Crippen LogP contribution in [0.4, 0.5) is 0 Å². The summed E-state index contributed by atoms with van der Waals surface area (Å²) in [5.74, 6) is -0.0989. The molecule has 112 valence electrons. The minimum absolute atomic E-state index is 0.0478. The van der Waals surface area contributed by atoms with Crippen molar-refractivity contribution in [2.45, 2.75) is 64.0 Å². The van der Waals surface area contributed by atoms with Gasteiger partial charge in [0.1, 0.15) is 5.60 Å². The van der Waals surface area contributed by atoms with Crippen molar-refractivity contribution in [1.29, 1.82) is 0 Å². The Morgan fingerprint density at radius 2 is 2.00 bits per heavy atom. The Bertz CT molecular complexity index is 392. The summed E-state index contributed by atoms with van der Waals surface area (Å²) in [6, 6.07) is 0.332. The van der Waals surface area contributed by atoms with Gasteiger partial charge in [-0.2, -0.15) is 0 Å². The van der Waals surface area contributed by atoms with Crippen molar-refractivity contribution in [2.75, 3.05) is 7.05 Å². The maximum atomic E-state index is 12.1. The van der Waals surface area contributed by atoms with E-state index in [0.29, 0.717) is 6.04 Å². The first-order valence-corrected chi connectivity index (χ1v) is 7.82. The number of hydrogen-bond acceptors (Lipinski definition) is 3. The van der Waals surface area contributed by atoms with E-state index in [2.05, 4.69) is 30.3 Å². The Morgan fingerprint density at radius 3 is 2.60 bits per heavy atom. The van der Waals surface area contributed by atoms with E-state index in [1.54, 1.807) is 0 Å². The van der Waals surface area contributed by atoms with Gasteiger partial charge in [0.05, 0.1) is 12.0 Å². The molecule has 1 heterocycles. The number of esters is 1. The average Bonchev–Trinajstić information content (AvgIpc) is 2.42. The van der Waals surface area contributed by atoms with Crippen molar-refractivity contribution in [1.82, 2.24) is 4.90 Å². The number of nitrogens with zero attached hydrogens (tertiary/aromatic N) is 1. The fraction of sp³-hybridized carbons (Fsp3) is 0.706. The van der Waals surface area contributed by atoms with Gasteiger partial charge in [0.2, 0.25) is 0 Å². The molecule has 2 aliphatic rings. The molecule has 0 aromatic rings. The topological polar surface area (TPSA) is 29.5 Å². The van der Waals surface area contributed by atoms with Crippen LogP contribution in [0.2, 0.25) is 0 Å². The van der Waals surface area contributed by atoms with Gasteiger partial charge in [-0.25, -0.2) is 0 Å². The second-order valence-electron chi connectivity index (χ2n) is 6.48. The van der Waals surface area contributed by atoms with E-state index in [1.807, 2.05) is 19.9 Å². The molecule has 20 heavy (non-hydrogen) atoms. The van der Waals surface area contributed by atoms with Crippen molar-refractivity contribution in [2.24, 2.45) is 5.92 Å². The SMILES string of the molecule is CC(C)C(=O)OC1(CC2C=CC=CN2C)CCCCC1. The monoisotopic (exact) mass is 277 g/mol. The molecule has 0 radical (unpaired) electrons. The maximum absolute atomic E-state index is 12.1. The average molecular weight is 277 g/mol. The van der Waals surface area contributed by atoms with Crippen LogP contribution in [0.5, 0.6) is 0 Å². The van der Waals surface area contributed by atoms with Gasteiger partial charge in [-0.05, 0) is 38.0 Å². The van der Waals surface area contributed by atoms with Gasteiger partial charge in [0, 0.05) is 13.5 Å². The van der Waals surface area contributed by atoms with Crippen LogP contribution < -0.4 is 0 Å². The summed E-state index contributed by atoms with van der Waals surface area (Å²) in [4.78, 5) is 14.3. The molecule has 3 nitrogen and oxygen atoms in total. The van der Waals surface area contributed by atoms with Crippen LogP contribution in [0, 0.1) is 5.92 Å². The molecule has 1 aliphatic heterocycles. The van der Waals surface area contributed by atoms with Crippen LogP contribution >= 0.6 is 0 Å². The third-order valence-corrected chi connectivity index (χ3v) is 4.42. The fourth-order valence-corrected chi connectivity index (χ4v) is 3.09. The molecule has 0 spiro atoms. The van der Waals surface area contributed by atoms with Crippen molar-refractivity contribution >= 4 is 5.97 Å². The zero-order valence-corrected chi connectivity index (χ0v) is 13.0. The predicted molar refractivity (Wildman–Crippen MR) is 81.2 cm³/mol. The Labute approximate surface area is 122 Å². The first-order chi connectivity index (χ1) is 9.52. The van der Waals surface area contributed by atoms with Crippen LogP contribution in [0.3, 0.4) is 0 Å². The van der Waals surface area contributed by atoms with Crippen molar-refractivity contribution in [3.8, 4) is 0 Å². The van der Waals surface area contributed by atoms with E-state index in [1.165, 1.54) is 19.3 Å². The van der Waals surface area contributed by atoms with E-state index in [9.17, 15) is 4.79 Å². The number of carbonyl (C=O) groups is 1. The largest absolute Gasteiger partial charge is 0.459 e. The molecule has 1 saturated carbocycles. The highest BCUT2D eigenvalue weighted by Gasteiger charge is 2.38. The highest BCUT2D eigenvalue weighted by molar-refractivity contribution is 5.72. The zero-order valence-electron chi connectivity index (χ0n) is 13.0. The molecular weight excluding hydrogens is 250 g/mol. The van der Waals surface area contributed by atoms with Gasteiger partial charge in [0.25, 0.3) is 0 Å². The van der Waals surface area contributed by atoms with E-state index < -0.39 is 0 Å². The maximum Gasteiger partial charge on any atom is 0.308 e. The molecule has 2 rings (SSSR count). The number of carbonyl (C=O) groups excluding carboxylic acids is 1. The third-order valence-electron chi connectivity index (χ3n) is 4.42. The molecular formula is C17H27NO2. The smallest absolute Gasteiger partial charge is 0.308 e. The Hall–Kier alpha value is -1.25. The molecule has 3 heteroatoms. The summed E-state index contributed by atoms with van der Waals surface area (Å²) < 4.78 is 5.97. The number of likely N-dealkylation sites (N-methyl/N-ethyl adjacent to an activating group) is 1. The number of hydrogen-bond donors (Lipinski definition) is 0. The van der Waals surface area contributed by atoms with Crippen LogP contribution in [0.25, 0.3) is 0 Å². The summed E-state index contributed by atoms with van der Waals surface area (Å²) in [6.07, 6.45) is 14.9. The van der Waals surface area contributed by atoms with Gasteiger partial charge in [-0.15, -0.1) is 0 Å². The standard InChI is InChI=1S/C17H27NO2/c1-14(2)16(19)20-17(10-6-4-7-11-17)13-15-9-5-8-12-18(15)3/h5,8-9,12,14-15H,4,6-7,10-11,13H2,1-3H3. The van der Waals surface area contributed by atoms with Crippen molar-refractivity contribution < 1.29 is 9.53 Å².